The minimum atomic E-state index is -1.24. The minimum absolute atomic E-state index is 0.0121. The molecule has 5 nitrogen and oxygen atoms in total. The number of carbonyl (C=O) groups is 2. The van der Waals surface area contributed by atoms with Crippen molar-refractivity contribution >= 4 is 39.5 Å². The predicted molar refractivity (Wildman–Crippen MR) is 102 cm³/mol. The summed E-state index contributed by atoms with van der Waals surface area (Å²) in [6, 6.07) is 9.62. The third kappa shape index (κ3) is 5.22. The Labute approximate surface area is 165 Å². The number of carboxylic acid groups (broad SMARTS) is 1. The van der Waals surface area contributed by atoms with Crippen LogP contribution in [0.5, 0.6) is 11.5 Å². The Morgan fingerprint density at radius 3 is 2.35 bits per heavy atom. The first-order valence-electron chi connectivity index (χ1n) is 7.74. The lowest BCUT2D eigenvalue weighted by Crippen LogP contribution is -2.19. The monoisotopic (exact) mass is 440 g/mol. The fourth-order valence-electron chi connectivity index (χ4n) is 2.13. The van der Waals surface area contributed by atoms with Crippen molar-refractivity contribution in [1.29, 1.82) is 0 Å². The number of hydrogen-bond acceptors (Lipinski definition) is 4. The molecule has 7 heteroatoms. The van der Waals surface area contributed by atoms with Gasteiger partial charge in [0, 0.05) is 5.02 Å². The molecule has 0 heterocycles. The second-order valence-corrected chi connectivity index (χ2v) is 7.89. The average molecular weight is 442 g/mol. The molecule has 0 amide bonds. The third-order valence-corrected chi connectivity index (χ3v) is 4.39. The summed E-state index contributed by atoms with van der Waals surface area (Å²) in [4.78, 5) is 23.2. The van der Waals surface area contributed by atoms with Gasteiger partial charge in [0.1, 0.15) is 17.1 Å². The fourth-order valence-corrected chi connectivity index (χ4v) is 2.80. The summed E-state index contributed by atoms with van der Waals surface area (Å²) in [5, 5.41) is 9.39. The van der Waals surface area contributed by atoms with Crippen LogP contribution in [0.3, 0.4) is 0 Å². The molecule has 0 bridgehead atoms. The maximum absolute atomic E-state index is 12.0. The number of rotatable bonds is 5. The molecule has 138 valence electrons. The third-order valence-electron chi connectivity index (χ3n) is 3.54. The van der Waals surface area contributed by atoms with Gasteiger partial charge in [-0.25, -0.2) is 9.59 Å². The number of carboxylic acids is 1. The van der Waals surface area contributed by atoms with Gasteiger partial charge in [-0.3, -0.25) is 0 Å². The maximum atomic E-state index is 12.0. The van der Waals surface area contributed by atoms with Gasteiger partial charge in [0.05, 0.1) is 4.47 Å². The summed E-state index contributed by atoms with van der Waals surface area (Å²) in [5.41, 5.74) is 0.912. The quantitative estimate of drug-likeness (QED) is 0.517. The first-order chi connectivity index (χ1) is 12.1. The normalized spacial score (nSPS) is 11.1. The summed E-state index contributed by atoms with van der Waals surface area (Å²) in [7, 11) is 0. The Hall–Kier alpha value is -2.05. The first-order valence-corrected chi connectivity index (χ1v) is 8.91. The largest absolute Gasteiger partial charge is 0.481 e. The van der Waals surface area contributed by atoms with Crippen LogP contribution in [0.15, 0.2) is 40.9 Å². The Bertz CT molecular complexity index is 842. The van der Waals surface area contributed by atoms with Crippen LogP contribution >= 0.6 is 27.5 Å². The van der Waals surface area contributed by atoms with Gasteiger partial charge in [-0.2, -0.15) is 0 Å². The van der Waals surface area contributed by atoms with Crippen molar-refractivity contribution in [2.75, 3.05) is 6.61 Å². The number of esters is 1. The van der Waals surface area contributed by atoms with E-state index in [0.29, 0.717) is 5.75 Å². The molecule has 1 N–H and O–H groups in total. The van der Waals surface area contributed by atoms with E-state index in [1.54, 1.807) is 6.07 Å². The highest BCUT2D eigenvalue weighted by molar-refractivity contribution is 9.10. The molecule has 0 fully saturated rings. The van der Waals surface area contributed by atoms with Crippen molar-refractivity contribution in [3.8, 4) is 11.5 Å². The number of hydrogen-bond donors (Lipinski definition) is 1. The topological polar surface area (TPSA) is 72.8 Å². The average Bonchev–Trinajstić information content (AvgIpc) is 2.54. The van der Waals surface area contributed by atoms with Gasteiger partial charge < -0.3 is 14.6 Å². The number of ether oxygens (including phenoxy) is 2. The Kier molecular flexibility index (Phi) is 6.31. The zero-order valence-electron chi connectivity index (χ0n) is 14.5. The van der Waals surface area contributed by atoms with E-state index in [1.165, 1.54) is 18.2 Å². The van der Waals surface area contributed by atoms with Crippen molar-refractivity contribution in [3.05, 3.63) is 57.0 Å². The molecule has 0 unspecified atom stereocenters. The highest BCUT2D eigenvalue weighted by Gasteiger charge is 2.18. The van der Waals surface area contributed by atoms with Crippen LogP contribution < -0.4 is 9.47 Å². The fraction of sp³-hybridized carbons (Fsp3) is 0.263. The van der Waals surface area contributed by atoms with E-state index in [2.05, 4.69) is 36.7 Å². The van der Waals surface area contributed by atoms with E-state index in [4.69, 9.17) is 26.2 Å². The molecule has 2 aromatic rings. The van der Waals surface area contributed by atoms with E-state index < -0.39 is 11.9 Å². The Morgan fingerprint density at radius 1 is 1.12 bits per heavy atom. The SMILES string of the molecule is CC(C)(C)c1ccc(OCC(=O)Oc2ccc(Cl)cc2C(=O)O)c(Br)c1. The maximum Gasteiger partial charge on any atom is 0.349 e. The predicted octanol–water partition coefficient (Wildman–Crippen LogP) is 5.08. The molecule has 0 saturated carbocycles. The van der Waals surface area contributed by atoms with Crippen LogP contribution in [0, 0.1) is 0 Å². The van der Waals surface area contributed by atoms with E-state index in [9.17, 15) is 9.59 Å². The molecule has 0 aliphatic carbocycles. The zero-order chi connectivity index (χ0) is 19.5. The lowest BCUT2D eigenvalue weighted by Gasteiger charge is -2.20. The van der Waals surface area contributed by atoms with Gasteiger partial charge in [0.25, 0.3) is 0 Å². The van der Waals surface area contributed by atoms with E-state index in [-0.39, 0.29) is 28.4 Å². The van der Waals surface area contributed by atoms with Gasteiger partial charge in [0.15, 0.2) is 6.61 Å². The highest BCUT2D eigenvalue weighted by atomic mass is 79.9. The van der Waals surface area contributed by atoms with Crippen LogP contribution in [0.2, 0.25) is 5.02 Å². The molecule has 26 heavy (non-hydrogen) atoms. The number of benzene rings is 2. The molecular formula is C19H18BrClO5. The van der Waals surface area contributed by atoms with E-state index in [1.807, 2.05) is 12.1 Å². The Balaban J connectivity index is 2.05. The second-order valence-electron chi connectivity index (χ2n) is 6.60. The molecule has 0 aromatic heterocycles. The first kappa shape index (κ1) is 20.3. The standard InChI is InChI=1S/C19H18BrClO5/c1-19(2,3)11-4-6-16(14(20)8-11)25-10-17(22)26-15-7-5-12(21)9-13(15)18(23)24/h4-9H,10H2,1-3H3,(H,23,24). The molecule has 2 aromatic carbocycles. The van der Waals surface area contributed by atoms with Crippen molar-refractivity contribution in [2.24, 2.45) is 0 Å². The lowest BCUT2D eigenvalue weighted by atomic mass is 9.87. The van der Waals surface area contributed by atoms with Crippen LogP contribution in [0.4, 0.5) is 0 Å². The zero-order valence-corrected chi connectivity index (χ0v) is 16.8. The highest BCUT2D eigenvalue weighted by Crippen LogP contribution is 2.31. The minimum Gasteiger partial charge on any atom is -0.481 e. The lowest BCUT2D eigenvalue weighted by molar-refractivity contribution is -0.136. The number of aromatic carboxylic acids is 1. The molecule has 0 aliphatic rings. The number of halogens is 2. The van der Waals surface area contributed by atoms with Crippen molar-refractivity contribution in [2.45, 2.75) is 26.2 Å². The van der Waals surface area contributed by atoms with Crippen molar-refractivity contribution in [1.82, 2.24) is 0 Å². The van der Waals surface area contributed by atoms with Crippen LogP contribution in [-0.4, -0.2) is 23.7 Å². The van der Waals surface area contributed by atoms with Crippen LogP contribution in [-0.2, 0) is 10.2 Å². The van der Waals surface area contributed by atoms with E-state index in [0.717, 1.165) is 10.0 Å². The van der Waals surface area contributed by atoms with Crippen LogP contribution in [0.25, 0.3) is 0 Å². The van der Waals surface area contributed by atoms with Gasteiger partial charge in [-0.1, -0.05) is 38.4 Å². The summed E-state index contributed by atoms with van der Waals surface area (Å²) in [5.74, 6) is -1.56. The molecule has 0 spiro atoms. The summed E-state index contributed by atoms with van der Waals surface area (Å²) < 4.78 is 11.3. The van der Waals surface area contributed by atoms with Gasteiger partial charge >= 0.3 is 11.9 Å². The van der Waals surface area contributed by atoms with Gasteiger partial charge in [-0.15, -0.1) is 0 Å². The number of carbonyl (C=O) groups excluding carboxylic acids is 1. The Morgan fingerprint density at radius 2 is 1.77 bits per heavy atom. The van der Waals surface area contributed by atoms with Gasteiger partial charge in [-0.05, 0) is 57.2 Å². The molecule has 0 atom stereocenters. The molecule has 0 saturated heterocycles. The van der Waals surface area contributed by atoms with Gasteiger partial charge in [0.2, 0.25) is 0 Å². The van der Waals surface area contributed by atoms with Crippen molar-refractivity contribution < 1.29 is 24.2 Å². The van der Waals surface area contributed by atoms with Crippen LogP contribution in [0.1, 0.15) is 36.7 Å². The molecule has 0 radical (unpaired) electrons. The smallest absolute Gasteiger partial charge is 0.349 e. The summed E-state index contributed by atoms with van der Waals surface area (Å²) in [6.07, 6.45) is 0. The molecule has 0 aliphatic heterocycles. The van der Waals surface area contributed by atoms with E-state index >= 15 is 0 Å². The van der Waals surface area contributed by atoms with Crippen molar-refractivity contribution in [3.63, 3.8) is 0 Å². The molecular weight excluding hydrogens is 424 g/mol. The summed E-state index contributed by atoms with van der Waals surface area (Å²) >= 11 is 9.19. The summed E-state index contributed by atoms with van der Waals surface area (Å²) in [6.45, 7) is 5.92. The molecule has 2 rings (SSSR count). The second kappa shape index (κ2) is 8.10.